The zero-order chi connectivity index (χ0) is 15.7. The second-order valence-corrected chi connectivity index (χ2v) is 4.68. The first-order chi connectivity index (χ1) is 10.0. The van der Waals surface area contributed by atoms with Gasteiger partial charge in [-0.05, 0) is 37.5 Å². The number of hydrogen-bond acceptors (Lipinski definition) is 5. The van der Waals surface area contributed by atoms with Crippen LogP contribution in [0.2, 0.25) is 0 Å². The fraction of sp³-hybridized carbons (Fsp3) is 0.467. The van der Waals surface area contributed by atoms with Crippen molar-refractivity contribution < 1.29 is 19.4 Å². The van der Waals surface area contributed by atoms with Gasteiger partial charge in [0.05, 0.1) is 12.6 Å². The summed E-state index contributed by atoms with van der Waals surface area (Å²) in [5, 5.41) is 11.9. The van der Waals surface area contributed by atoms with Crippen molar-refractivity contribution in [3.63, 3.8) is 0 Å². The lowest BCUT2D eigenvalue weighted by Crippen LogP contribution is -2.42. The maximum atomic E-state index is 11.8. The zero-order valence-electron chi connectivity index (χ0n) is 12.2. The van der Waals surface area contributed by atoms with Gasteiger partial charge >= 0.3 is 5.97 Å². The van der Waals surface area contributed by atoms with Crippen molar-refractivity contribution in [2.45, 2.75) is 32.2 Å². The maximum Gasteiger partial charge on any atom is 0.305 e. The van der Waals surface area contributed by atoms with Crippen LogP contribution < -0.4 is 11.1 Å². The smallest absolute Gasteiger partial charge is 0.305 e. The molecule has 0 bridgehead atoms. The third kappa shape index (κ3) is 6.76. The zero-order valence-corrected chi connectivity index (χ0v) is 12.2. The van der Waals surface area contributed by atoms with Gasteiger partial charge in [0.25, 0.3) is 0 Å². The van der Waals surface area contributed by atoms with E-state index in [1.165, 1.54) is 0 Å². The third-order valence-electron chi connectivity index (χ3n) is 2.89. The van der Waals surface area contributed by atoms with Crippen molar-refractivity contribution in [2.75, 3.05) is 13.2 Å². The van der Waals surface area contributed by atoms with E-state index in [1.807, 2.05) is 0 Å². The van der Waals surface area contributed by atoms with Gasteiger partial charge in [-0.1, -0.05) is 12.1 Å². The molecule has 0 aromatic heterocycles. The molecular weight excluding hydrogens is 272 g/mol. The number of ether oxygens (including phenoxy) is 1. The predicted octanol–water partition coefficient (Wildman–Crippen LogP) is 0.722. The third-order valence-corrected chi connectivity index (χ3v) is 2.89. The van der Waals surface area contributed by atoms with E-state index in [2.05, 4.69) is 5.32 Å². The number of nitrogens with two attached hydrogens (primary N) is 1. The first kappa shape index (κ1) is 17.0. The SMILES string of the molecule is CCOC(=O)CCCNC(=O)[C@H](N)Cc1ccc(O)cc1. The van der Waals surface area contributed by atoms with Gasteiger partial charge in [0.1, 0.15) is 5.75 Å². The average Bonchev–Trinajstić information content (AvgIpc) is 2.46. The van der Waals surface area contributed by atoms with Crippen LogP contribution in [0.25, 0.3) is 0 Å². The Kier molecular flexibility index (Phi) is 7.25. The summed E-state index contributed by atoms with van der Waals surface area (Å²) in [6.07, 6.45) is 1.20. The van der Waals surface area contributed by atoms with Gasteiger partial charge in [-0.15, -0.1) is 0 Å². The molecule has 116 valence electrons. The number of rotatable bonds is 8. The molecule has 0 spiro atoms. The number of phenols is 1. The Bertz CT molecular complexity index is 459. The highest BCUT2D eigenvalue weighted by molar-refractivity contribution is 5.81. The van der Waals surface area contributed by atoms with Crippen LogP contribution in [0.3, 0.4) is 0 Å². The molecule has 0 heterocycles. The second-order valence-electron chi connectivity index (χ2n) is 4.68. The number of nitrogens with one attached hydrogen (secondary N) is 1. The minimum atomic E-state index is -0.655. The maximum absolute atomic E-state index is 11.8. The van der Waals surface area contributed by atoms with Crippen LogP contribution in [0, 0.1) is 0 Å². The van der Waals surface area contributed by atoms with Crippen LogP contribution in [0.15, 0.2) is 24.3 Å². The van der Waals surface area contributed by atoms with E-state index < -0.39 is 6.04 Å². The monoisotopic (exact) mass is 294 g/mol. The number of esters is 1. The van der Waals surface area contributed by atoms with E-state index in [9.17, 15) is 14.7 Å². The molecule has 0 radical (unpaired) electrons. The normalized spacial score (nSPS) is 11.7. The van der Waals surface area contributed by atoms with E-state index in [-0.39, 0.29) is 24.0 Å². The predicted molar refractivity (Wildman–Crippen MR) is 78.7 cm³/mol. The number of amides is 1. The van der Waals surface area contributed by atoms with Gasteiger partial charge in [-0.25, -0.2) is 0 Å². The molecule has 0 aliphatic rings. The Labute approximate surface area is 124 Å². The number of benzene rings is 1. The highest BCUT2D eigenvalue weighted by atomic mass is 16.5. The summed E-state index contributed by atoms with van der Waals surface area (Å²) >= 11 is 0. The lowest BCUT2D eigenvalue weighted by molar-refractivity contribution is -0.143. The van der Waals surface area contributed by atoms with Crippen LogP contribution in [0.4, 0.5) is 0 Å². The summed E-state index contributed by atoms with van der Waals surface area (Å²) in [6.45, 7) is 2.51. The quantitative estimate of drug-likeness (QED) is 0.484. The molecular formula is C15H22N2O4. The molecule has 1 amide bonds. The van der Waals surface area contributed by atoms with Crippen molar-refractivity contribution in [3.05, 3.63) is 29.8 Å². The van der Waals surface area contributed by atoms with Crippen molar-refractivity contribution in [3.8, 4) is 5.75 Å². The van der Waals surface area contributed by atoms with E-state index >= 15 is 0 Å². The van der Waals surface area contributed by atoms with E-state index in [0.717, 1.165) is 5.56 Å². The number of carbonyl (C=O) groups excluding carboxylic acids is 2. The first-order valence-electron chi connectivity index (χ1n) is 6.99. The molecule has 0 saturated heterocycles. The Morgan fingerprint density at radius 2 is 2.00 bits per heavy atom. The fourth-order valence-corrected chi connectivity index (χ4v) is 1.79. The van der Waals surface area contributed by atoms with Gasteiger partial charge in [0.15, 0.2) is 0 Å². The molecule has 0 unspecified atom stereocenters. The molecule has 0 saturated carbocycles. The highest BCUT2D eigenvalue weighted by Crippen LogP contribution is 2.10. The van der Waals surface area contributed by atoms with Crippen LogP contribution in [-0.4, -0.2) is 36.2 Å². The molecule has 1 aromatic rings. The number of carbonyl (C=O) groups is 2. The highest BCUT2D eigenvalue weighted by Gasteiger charge is 2.13. The molecule has 1 aromatic carbocycles. The van der Waals surface area contributed by atoms with Crippen molar-refractivity contribution in [1.82, 2.24) is 5.32 Å². The minimum Gasteiger partial charge on any atom is -0.508 e. The lowest BCUT2D eigenvalue weighted by Gasteiger charge is -2.12. The van der Waals surface area contributed by atoms with Gasteiger partial charge in [-0.2, -0.15) is 0 Å². The Hall–Kier alpha value is -2.08. The topological polar surface area (TPSA) is 102 Å². The number of aromatic hydroxyl groups is 1. The molecule has 0 fully saturated rings. The summed E-state index contributed by atoms with van der Waals surface area (Å²) in [4.78, 5) is 22.9. The van der Waals surface area contributed by atoms with Gasteiger partial charge < -0.3 is 20.9 Å². The molecule has 6 nitrogen and oxygen atoms in total. The summed E-state index contributed by atoms with van der Waals surface area (Å²) in [5.74, 6) is -0.345. The number of phenolic OH excluding ortho intramolecular Hbond substituents is 1. The van der Waals surface area contributed by atoms with Gasteiger partial charge in [0, 0.05) is 13.0 Å². The van der Waals surface area contributed by atoms with Crippen molar-refractivity contribution >= 4 is 11.9 Å². The molecule has 6 heteroatoms. The van der Waals surface area contributed by atoms with Crippen molar-refractivity contribution in [1.29, 1.82) is 0 Å². The van der Waals surface area contributed by atoms with E-state index in [0.29, 0.717) is 26.0 Å². The first-order valence-corrected chi connectivity index (χ1v) is 6.99. The van der Waals surface area contributed by atoms with E-state index in [4.69, 9.17) is 10.5 Å². The van der Waals surface area contributed by atoms with Crippen LogP contribution in [0.1, 0.15) is 25.3 Å². The average molecular weight is 294 g/mol. The molecule has 0 aliphatic carbocycles. The fourth-order valence-electron chi connectivity index (χ4n) is 1.79. The van der Waals surface area contributed by atoms with Crippen molar-refractivity contribution in [2.24, 2.45) is 5.73 Å². The molecule has 0 aliphatic heterocycles. The molecule has 4 N–H and O–H groups in total. The Morgan fingerprint density at radius 3 is 2.62 bits per heavy atom. The van der Waals surface area contributed by atoms with E-state index in [1.54, 1.807) is 31.2 Å². The standard InChI is InChI=1S/C15H22N2O4/c1-2-21-14(19)4-3-9-17-15(20)13(16)10-11-5-7-12(18)8-6-11/h5-8,13,18H,2-4,9-10,16H2,1H3,(H,17,20)/t13-/m1/s1. The van der Waals surface area contributed by atoms with Gasteiger partial charge in [-0.3, -0.25) is 9.59 Å². The summed E-state index contributed by atoms with van der Waals surface area (Å²) in [7, 11) is 0. The minimum absolute atomic E-state index is 0.177. The largest absolute Gasteiger partial charge is 0.508 e. The Balaban J connectivity index is 2.25. The number of hydrogen-bond donors (Lipinski definition) is 3. The van der Waals surface area contributed by atoms with Gasteiger partial charge in [0.2, 0.25) is 5.91 Å². The summed E-state index contributed by atoms with van der Waals surface area (Å²) in [6, 6.07) is 5.91. The van der Waals surface area contributed by atoms with Crippen LogP contribution in [0.5, 0.6) is 5.75 Å². The molecule has 1 atom stereocenters. The summed E-state index contributed by atoms with van der Waals surface area (Å²) < 4.78 is 4.79. The molecule has 21 heavy (non-hydrogen) atoms. The second kappa shape index (κ2) is 8.97. The van der Waals surface area contributed by atoms with Crippen LogP contribution >= 0.6 is 0 Å². The lowest BCUT2D eigenvalue weighted by atomic mass is 10.1. The Morgan fingerprint density at radius 1 is 1.33 bits per heavy atom. The summed E-state index contributed by atoms with van der Waals surface area (Å²) in [5.41, 5.74) is 6.69. The molecule has 1 rings (SSSR count). The van der Waals surface area contributed by atoms with Crippen LogP contribution in [-0.2, 0) is 20.7 Å².